The van der Waals surface area contributed by atoms with Crippen molar-refractivity contribution in [2.45, 2.75) is 25.1 Å². The third-order valence-electron chi connectivity index (χ3n) is 2.99. The molecule has 1 fully saturated rings. The second kappa shape index (κ2) is 7.84. The maximum Gasteiger partial charge on any atom is 0.253 e. The van der Waals surface area contributed by atoms with Crippen LogP contribution in [0.1, 0.15) is 24.2 Å². The van der Waals surface area contributed by atoms with Crippen LogP contribution in [0.5, 0.6) is 0 Å². The van der Waals surface area contributed by atoms with Gasteiger partial charge in [-0.1, -0.05) is 12.1 Å². The standard InChI is InChI=1S/C15H22N2OS2/c1-11(2)17-14-6-4-3-5-13(14)15(18)16-9-12-10-19-7-8-20-12/h3-6,11-12,17H,7-10H2,1-2H3,(H,16,18). The van der Waals surface area contributed by atoms with E-state index in [1.807, 2.05) is 47.8 Å². The number of carbonyl (C=O) groups is 1. The molecule has 110 valence electrons. The third-order valence-corrected chi connectivity index (χ3v) is 5.84. The highest BCUT2D eigenvalue weighted by Gasteiger charge is 2.17. The van der Waals surface area contributed by atoms with Crippen molar-refractivity contribution in [2.75, 3.05) is 29.1 Å². The summed E-state index contributed by atoms with van der Waals surface area (Å²) in [6.45, 7) is 4.90. The molecule has 1 heterocycles. The van der Waals surface area contributed by atoms with Crippen molar-refractivity contribution in [3.63, 3.8) is 0 Å². The summed E-state index contributed by atoms with van der Waals surface area (Å²) in [6, 6.07) is 8.01. The van der Waals surface area contributed by atoms with Crippen molar-refractivity contribution in [3.05, 3.63) is 29.8 Å². The first-order valence-corrected chi connectivity index (χ1v) is 9.20. The van der Waals surface area contributed by atoms with Gasteiger partial charge in [0.25, 0.3) is 5.91 Å². The van der Waals surface area contributed by atoms with Gasteiger partial charge in [0.15, 0.2) is 0 Å². The van der Waals surface area contributed by atoms with E-state index in [1.54, 1.807) is 0 Å². The highest BCUT2D eigenvalue weighted by molar-refractivity contribution is 8.06. The molecule has 3 nitrogen and oxygen atoms in total. The molecule has 1 unspecified atom stereocenters. The molecule has 1 aromatic rings. The number of anilines is 1. The zero-order valence-corrected chi connectivity index (χ0v) is 13.7. The first kappa shape index (κ1) is 15.6. The molecule has 20 heavy (non-hydrogen) atoms. The van der Waals surface area contributed by atoms with Gasteiger partial charge in [-0.3, -0.25) is 4.79 Å². The first-order chi connectivity index (χ1) is 9.66. The summed E-state index contributed by atoms with van der Waals surface area (Å²) in [5.74, 6) is 3.58. The van der Waals surface area contributed by atoms with Gasteiger partial charge in [0, 0.05) is 40.8 Å². The Balaban J connectivity index is 1.94. The lowest BCUT2D eigenvalue weighted by Gasteiger charge is -2.21. The van der Waals surface area contributed by atoms with Crippen molar-refractivity contribution < 1.29 is 4.79 Å². The number of thioether (sulfide) groups is 2. The van der Waals surface area contributed by atoms with Crippen LogP contribution in [-0.2, 0) is 0 Å². The van der Waals surface area contributed by atoms with Gasteiger partial charge < -0.3 is 10.6 Å². The molecule has 0 radical (unpaired) electrons. The van der Waals surface area contributed by atoms with Gasteiger partial charge in [0.1, 0.15) is 0 Å². The Hall–Kier alpha value is -0.810. The van der Waals surface area contributed by atoms with Crippen LogP contribution in [-0.4, -0.2) is 41.0 Å². The lowest BCUT2D eigenvalue weighted by molar-refractivity contribution is 0.0955. The van der Waals surface area contributed by atoms with E-state index in [1.165, 1.54) is 11.5 Å². The van der Waals surface area contributed by atoms with Crippen LogP contribution in [0.25, 0.3) is 0 Å². The van der Waals surface area contributed by atoms with Crippen LogP contribution in [0.15, 0.2) is 24.3 Å². The second-order valence-electron chi connectivity index (χ2n) is 5.12. The molecule has 2 N–H and O–H groups in total. The largest absolute Gasteiger partial charge is 0.382 e. The van der Waals surface area contributed by atoms with Crippen molar-refractivity contribution in [1.82, 2.24) is 5.32 Å². The monoisotopic (exact) mass is 310 g/mol. The normalized spacial score (nSPS) is 18.9. The number of para-hydroxylation sites is 1. The fraction of sp³-hybridized carbons (Fsp3) is 0.533. The van der Waals surface area contributed by atoms with E-state index in [2.05, 4.69) is 24.5 Å². The van der Waals surface area contributed by atoms with Gasteiger partial charge in [-0.05, 0) is 26.0 Å². The van der Waals surface area contributed by atoms with Crippen molar-refractivity contribution >= 4 is 35.1 Å². The maximum absolute atomic E-state index is 12.3. The molecular formula is C15H22N2OS2. The molecule has 1 atom stereocenters. The molecule has 1 aliphatic heterocycles. The molecule has 0 saturated carbocycles. The highest BCUT2D eigenvalue weighted by atomic mass is 32.2. The predicted octanol–water partition coefficient (Wildman–Crippen LogP) is 3.09. The van der Waals surface area contributed by atoms with Crippen LogP contribution in [0.2, 0.25) is 0 Å². The molecule has 0 spiro atoms. The quantitative estimate of drug-likeness (QED) is 0.877. The van der Waals surface area contributed by atoms with Gasteiger partial charge in [0.2, 0.25) is 0 Å². The minimum atomic E-state index is 0.0184. The third kappa shape index (κ3) is 4.63. The van der Waals surface area contributed by atoms with Crippen molar-refractivity contribution in [1.29, 1.82) is 0 Å². The SMILES string of the molecule is CC(C)Nc1ccccc1C(=O)NCC1CSCCS1. The maximum atomic E-state index is 12.3. The van der Waals surface area contributed by atoms with E-state index in [0.717, 1.165) is 23.5 Å². The second-order valence-corrected chi connectivity index (χ2v) is 7.68. The Morgan fingerprint density at radius 1 is 1.35 bits per heavy atom. The first-order valence-electron chi connectivity index (χ1n) is 7.00. The number of benzene rings is 1. The van der Waals surface area contributed by atoms with Crippen LogP contribution in [0.4, 0.5) is 5.69 Å². The predicted molar refractivity (Wildman–Crippen MR) is 91.1 cm³/mol. The summed E-state index contributed by atoms with van der Waals surface area (Å²) < 4.78 is 0. The van der Waals surface area contributed by atoms with E-state index >= 15 is 0 Å². The Bertz CT molecular complexity index is 445. The van der Waals surface area contributed by atoms with Gasteiger partial charge in [0.05, 0.1) is 5.56 Å². The number of nitrogens with one attached hydrogen (secondary N) is 2. The Morgan fingerprint density at radius 2 is 2.15 bits per heavy atom. The number of hydrogen-bond acceptors (Lipinski definition) is 4. The minimum Gasteiger partial charge on any atom is -0.382 e. The molecule has 0 aromatic heterocycles. The van der Waals surface area contributed by atoms with Crippen LogP contribution >= 0.6 is 23.5 Å². The summed E-state index contributed by atoms with van der Waals surface area (Å²) in [5.41, 5.74) is 1.64. The van der Waals surface area contributed by atoms with E-state index in [4.69, 9.17) is 0 Å². The average molecular weight is 310 g/mol. The van der Waals surface area contributed by atoms with Gasteiger partial charge in [-0.15, -0.1) is 0 Å². The zero-order chi connectivity index (χ0) is 14.4. The van der Waals surface area contributed by atoms with E-state index in [9.17, 15) is 4.79 Å². The molecule has 0 bridgehead atoms. The molecule has 1 saturated heterocycles. The lowest BCUT2D eigenvalue weighted by atomic mass is 10.1. The van der Waals surface area contributed by atoms with Crippen LogP contribution in [0, 0.1) is 0 Å². The number of rotatable bonds is 5. The highest BCUT2D eigenvalue weighted by Crippen LogP contribution is 2.23. The molecule has 2 rings (SSSR count). The summed E-state index contributed by atoms with van der Waals surface area (Å²) in [6.07, 6.45) is 0. The van der Waals surface area contributed by atoms with Gasteiger partial charge in [-0.2, -0.15) is 23.5 Å². The Kier molecular flexibility index (Phi) is 6.10. The molecule has 5 heteroatoms. The van der Waals surface area contributed by atoms with Crippen LogP contribution in [0.3, 0.4) is 0 Å². The van der Waals surface area contributed by atoms with E-state index in [0.29, 0.717) is 11.3 Å². The van der Waals surface area contributed by atoms with Crippen molar-refractivity contribution in [2.24, 2.45) is 0 Å². The Labute approximate surface area is 129 Å². The van der Waals surface area contributed by atoms with Crippen molar-refractivity contribution in [3.8, 4) is 0 Å². The topological polar surface area (TPSA) is 41.1 Å². The van der Waals surface area contributed by atoms with Gasteiger partial charge >= 0.3 is 0 Å². The lowest BCUT2D eigenvalue weighted by Crippen LogP contribution is -2.34. The summed E-state index contributed by atoms with van der Waals surface area (Å²) in [4.78, 5) is 12.3. The molecule has 1 aromatic carbocycles. The number of hydrogen-bond donors (Lipinski definition) is 2. The smallest absolute Gasteiger partial charge is 0.253 e. The zero-order valence-electron chi connectivity index (χ0n) is 12.0. The summed E-state index contributed by atoms with van der Waals surface area (Å²) >= 11 is 3.94. The molecule has 0 aliphatic carbocycles. The van der Waals surface area contributed by atoms with E-state index in [-0.39, 0.29) is 5.91 Å². The number of amides is 1. The number of carbonyl (C=O) groups excluding carboxylic acids is 1. The van der Waals surface area contributed by atoms with E-state index < -0.39 is 0 Å². The van der Waals surface area contributed by atoms with Gasteiger partial charge in [-0.25, -0.2) is 0 Å². The summed E-state index contributed by atoms with van der Waals surface area (Å²) in [5, 5.41) is 6.94. The molecule has 1 amide bonds. The molecule has 1 aliphatic rings. The summed E-state index contributed by atoms with van der Waals surface area (Å²) in [7, 11) is 0. The molecular weight excluding hydrogens is 288 g/mol. The Morgan fingerprint density at radius 3 is 2.85 bits per heavy atom. The average Bonchev–Trinajstić information content (AvgIpc) is 2.46. The fourth-order valence-corrected chi connectivity index (χ4v) is 4.69. The minimum absolute atomic E-state index is 0.0184. The van der Waals surface area contributed by atoms with Crippen LogP contribution < -0.4 is 10.6 Å². The fourth-order valence-electron chi connectivity index (χ4n) is 2.07.